The van der Waals surface area contributed by atoms with Crippen LogP contribution >= 0.6 is 0 Å². The van der Waals surface area contributed by atoms with Crippen molar-refractivity contribution in [2.75, 3.05) is 17.2 Å². The molecule has 1 amide bonds. The summed E-state index contributed by atoms with van der Waals surface area (Å²) in [7, 11) is 0. The van der Waals surface area contributed by atoms with Crippen molar-refractivity contribution in [1.82, 2.24) is 9.97 Å². The van der Waals surface area contributed by atoms with Crippen molar-refractivity contribution in [3.63, 3.8) is 0 Å². The zero-order valence-electron chi connectivity index (χ0n) is 18.4. The normalized spacial score (nSPS) is 10.5. The van der Waals surface area contributed by atoms with Crippen molar-refractivity contribution >= 4 is 23.2 Å². The number of nitrogens with one attached hydrogen (secondary N) is 2. The molecule has 0 fully saturated rings. The van der Waals surface area contributed by atoms with Gasteiger partial charge in [-0.25, -0.2) is 9.97 Å². The van der Waals surface area contributed by atoms with Gasteiger partial charge in [-0.2, -0.15) is 0 Å². The molecular weight excluding hydrogens is 388 g/mol. The van der Waals surface area contributed by atoms with Crippen molar-refractivity contribution in [3.05, 3.63) is 71.5 Å². The summed E-state index contributed by atoms with van der Waals surface area (Å²) in [6.07, 6.45) is 4.71. The summed E-state index contributed by atoms with van der Waals surface area (Å²) in [6.45, 7) is 6.78. The average molecular weight is 419 g/mol. The highest BCUT2D eigenvalue weighted by molar-refractivity contribution is 6.04. The molecule has 0 saturated heterocycles. The van der Waals surface area contributed by atoms with Crippen molar-refractivity contribution < 1.29 is 9.53 Å². The third-order valence-electron chi connectivity index (χ3n) is 4.76. The highest BCUT2D eigenvalue weighted by atomic mass is 16.5. The number of hydrogen-bond donors (Lipinski definition) is 2. The Morgan fingerprint density at radius 1 is 0.871 bits per heavy atom. The Balaban J connectivity index is 1.52. The van der Waals surface area contributed by atoms with Crippen LogP contribution in [0.25, 0.3) is 0 Å². The number of benzene rings is 2. The van der Waals surface area contributed by atoms with Crippen molar-refractivity contribution in [2.45, 2.75) is 46.5 Å². The highest BCUT2D eigenvalue weighted by Crippen LogP contribution is 2.19. The number of aromatic nitrogens is 2. The van der Waals surface area contributed by atoms with Gasteiger partial charge in [-0.05, 0) is 74.9 Å². The van der Waals surface area contributed by atoms with E-state index in [1.165, 1.54) is 19.3 Å². The monoisotopic (exact) mass is 418 g/mol. The summed E-state index contributed by atoms with van der Waals surface area (Å²) < 4.78 is 5.74. The zero-order chi connectivity index (χ0) is 22.1. The van der Waals surface area contributed by atoms with Crippen LogP contribution < -0.4 is 15.4 Å². The predicted octanol–water partition coefficient (Wildman–Crippen LogP) is 6.05. The molecule has 0 saturated carbocycles. The lowest BCUT2D eigenvalue weighted by Gasteiger charge is -2.09. The Hall–Kier alpha value is -3.41. The van der Waals surface area contributed by atoms with E-state index >= 15 is 0 Å². The molecule has 0 spiro atoms. The molecule has 31 heavy (non-hydrogen) atoms. The quantitative estimate of drug-likeness (QED) is 0.392. The lowest BCUT2D eigenvalue weighted by atomic mass is 10.2. The first kappa shape index (κ1) is 22.3. The van der Waals surface area contributed by atoms with Crippen LogP contribution in [0.15, 0.2) is 54.6 Å². The molecule has 0 bridgehead atoms. The third-order valence-corrected chi connectivity index (χ3v) is 4.76. The van der Waals surface area contributed by atoms with Crippen molar-refractivity contribution in [1.29, 1.82) is 0 Å². The van der Waals surface area contributed by atoms with Gasteiger partial charge in [0.15, 0.2) is 0 Å². The second kappa shape index (κ2) is 11.1. The molecule has 6 heteroatoms. The maximum absolute atomic E-state index is 12.5. The number of hydrogen-bond acceptors (Lipinski definition) is 5. The zero-order valence-corrected chi connectivity index (χ0v) is 18.4. The van der Waals surface area contributed by atoms with E-state index in [0.29, 0.717) is 11.5 Å². The van der Waals surface area contributed by atoms with E-state index in [4.69, 9.17) is 4.74 Å². The second-order valence-electron chi connectivity index (χ2n) is 7.56. The van der Waals surface area contributed by atoms with Crippen LogP contribution in [-0.4, -0.2) is 22.5 Å². The Morgan fingerprint density at radius 2 is 1.52 bits per heavy atom. The summed E-state index contributed by atoms with van der Waals surface area (Å²) in [6, 6.07) is 16.6. The molecule has 3 rings (SSSR count). The molecule has 6 nitrogen and oxygen atoms in total. The van der Waals surface area contributed by atoms with Gasteiger partial charge in [0.1, 0.15) is 5.75 Å². The van der Waals surface area contributed by atoms with Crippen molar-refractivity contribution in [2.24, 2.45) is 0 Å². The van der Waals surface area contributed by atoms with Gasteiger partial charge < -0.3 is 15.4 Å². The summed E-state index contributed by atoms with van der Waals surface area (Å²) in [5, 5.41) is 6.08. The van der Waals surface area contributed by atoms with Gasteiger partial charge >= 0.3 is 0 Å². The number of rotatable bonds is 10. The fraction of sp³-hybridized carbons (Fsp3) is 0.320. The van der Waals surface area contributed by atoms with Crippen LogP contribution in [0.3, 0.4) is 0 Å². The topological polar surface area (TPSA) is 76.1 Å². The number of aryl methyl sites for hydroxylation is 2. The van der Waals surface area contributed by atoms with Gasteiger partial charge in [0.25, 0.3) is 5.91 Å². The van der Waals surface area contributed by atoms with E-state index in [2.05, 4.69) is 27.5 Å². The summed E-state index contributed by atoms with van der Waals surface area (Å²) in [5.41, 5.74) is 3.93. The number of anilines is 3. The van der Waals surface area contributed by atoms with Crippen LogP contribution in [0.5, 0.6) is 5.75 Å². The number of carbonyl (C=O) groups is 1. The molecule has 0 radical (unpaired) electrons. The highest BCUT2D eigenvalue weighted by Gasteiger charge is 2.07. The summed E-state index contributed by atoms with van der Waals surface area (Å²) in [4.78, 5) is 21.3. The molecule has 0 unspecified atom stereocenters. The fourth-order valence-corrected chi connectivity index (χ4v) is 3.17. The molecule has 1 heterocycles. The van der Waals surface area contributed by atoms with E-state index in [1.54, 1.807) is 12.1 Å². The van der Waals surface area contributed by atoms with Crippen LogP contribution in [0.1, 0.15) is 54.4 Å². The first-order valence-electron chi connectivity index (χ1n) is 10.8. The maximum Gasteiger partial charge on any atom is 0.255 e. The van der Waals surface area contributed by atoms with Crippen molar-refractivity contribution in [3.8, 4) is 5.75 Å². The Bertz CT molecular complexity index is 965. The molecule has 3 aromatic rings. The Labute approximate surface area is 184 Å². The number of amides is 1. The molecule has 2 aromatic carbocycles. The van der Waals surface area contributed by atoms with Gasteiger partial charge in [-0.15, -0.1) is 0 Å². The summed E-state index contributed by atoms with van der Waals surface area (Å²) >= 11 is 0. The van der Waals surface area contributed by atoms with E-state index in [0.717, 1.165) is 41.5 Å². The molecule has 0 aliphatic rings. The van der Waals surface area contributed by atoms with Gasteiger partial charge in [0.2, 0.25) is 5.95 Å². The molecule has 0 atom stereocenters. The number of unbranched alkanes of at least 4 members (excludes halogenated alkanes) is 3. The smallest absolute Gasteiger partial charge is 0.255 e. The molecule has 162 valence electrons. The van der Waals surface area contributed by atoms with Crippen LogP contribution in [0, 0.1) is 13.8 Å². The van der Waals surface area contributed by atoms with Crippen LogP contribution in [0.4, 0.5) is 17.3 Å². The van der Waals surface area contributed by atoms with Gasteiger partial charge in [-0.3, -0.25) is 4.79 Å². The first-order valence-corrected chi connectivity index (χ1v) is 10.8. The molecule has 1 aromatic heterocycles. The fourth-order valence-electron chi connectivity index (χ4n) is 3.17. The summed E-state index contributed by atoms with van der Waals surface area (Å²) in [5.74, 6) is 1.20. The standard InChI is InChI=1S/C25H30N4O2/c1-4-5-6-7-16-31-23-14-12-21(13-15-23)28-24(30)20-8-10-22(11-9-20)29-25-26-18(2)17-19(3)27-25/h8-15,17H,4-7,16H2,1-3H3,(H,28,30)(H,26,27,29). The Morgan fingerprint density at radius 3 is 2.16 bits per heavy atom. The predicted molar refractivity (Wildman–Crippen MR) is 125 cm³/mol. The first-order chi connectivity index (χ1) is 15.0. The lowest BCUT2D eigenvalue weighted by Crippen LogP contribution is -2.11. The minimum Gasteiger partial charge on any atom is -0.494 e. The molecule has 0 aliphatic carbocycles. The van der Waals surface area contributed by atoms with Gasteiger partial charge in [0, 0.05) is 28.3 Å². The van der Waals surface area contributed by atoms with Gasteiger partial charge in [0.05, 0.1) is 6.61 Å². The van der Waals surface area contributed by atoms with E-state index in [9.17, 15) is 4.79 Å². The Kier molecular flexibility index (Phi) is 7.98. The molecule has 0 aliphatic heterocycles. The van der Waals surface area contributed by atoms with Crippen LogP contribution in [-0.2, 0) is 0 Å². The average Bonchev–Trinajstić information content (AvgIpc) is 2.74. The maximum atomic E-state index is 12.5. The van der Waals surface area contributed by atoms with Gasteiger partial charge in [-0.1, -0.05) is 26.2 Å². The molecule has 2 N–H and O–H groups in total. The molecular formula is C25H30N4O2. The minimum atomic E-state index is -0.164. The number of ether oxygens (including phenoxy) is 1. The minimum absolute atomic E-state index is 0.164. The SMILES string of the molecule is CCCCCCOc1ccc(NC(=O)c2ccc(Nc3nc(C)cc(C)n3)cc2)cc1. The van der Waals surface area contributed by atoms with Crippen LogP contribution in [0.2, 0.25) is 0 Å². The van der Waals surface area contributed by atoms with E-state index < -0.39 is 0 Å². The van der Waals surface area contributed by atoms with E-state index in [1.807, 2.05) is 56.3 Å². The lowest BCUT2D eigenvalue weighted by molar-refractivity contribution is 0.102. The van der Waals surface area contributed by atoms with E-state index in [-0.39, 0.29) is 5.91 Å². The second-order valence-corrected chi connectivity index (χ2v) is 7.56. The number of nitrogens with zero attached hydrogens (tertiary/aromatic N) is 2. The largest absolute Gasteiger partial charge is 0.494 e. The third kappa shape index (κ3) is 7.10. The number of carbonyl (C=O) groups excluding carboxylic acids is 1.